The van der Waals surface area contributed by atoms with Gasteiger partial charge in [-0.2, -0.15) is 0 Å². The predicted molar refractivity (Wildman–Crippen MR) is 146 cm³/mol. The molecule has 3 aliphatic heterocycles. The maximum atomic E-state index is 12.1. The fourth-order valence-corrected chi connectivity index (χ4v) is 5.93. The Hall–Kier alpha value is -1.72. The van der Waals surface area contributed by atoms with Crippen LogP contribution in [-0.4, -0.2) is 60.8 Å². The highest BCUT2D eigenvalue weighted by molar-refractivity contribution is 6.08. The summed E-state index contributed by atoms with van der Waals surface area (Å²) in [6, 6.07) is 8.39. The molecule has 0 bridgehead atoms. The number of anilines is 1. The Labute approximate surface area is 214 Å². The smallest absolute Gasteiger partial charge is 0.234 e. The molecule has 0 saturated carbocycles. The number of carbonyl (C=O) groups excluding carboxylic acids is 2. The Bertz CT molecular complexity index is 798. The molecule has 196 valence electrons. The van der Waals surface area contributed by atoms with Crippen LogP contribution in [0.25, 0.3) is 0 Å². The van der Waals surface area contributed by atoms with Gasteiger partial charge in [0.15, 0.2) is 0 Å². The summed E-state index contributed by atoms with van der Waals surface area (Å²) >= 11 is 0. The Morgan fingerprint density at radius 2 is 1.34 bits per heavy atom. The highest BCUT2D eigenvalue weighted by Gasteiger charge is 2.27. The van der Waals surface area contributed by atoms with Crippen molar-refractivity contribution in [2.45, 2.75) is 86.1 Å². The van der Waals surface area contributed by atoms with Gasteiger partial charge in [-0.1, -0.05) is 46.8 Å². The zero-order valence-corrected chi connectivity index (χ0v) is 23.0. The predicted octanol–water partition coefficient (Wildman–Crippen LogP) is 5.77. The number of benzene rings is 1. The molecule has 0 aromatic heterocycles. The summed E-state index contributed by atoms with van der Waals surface area (Å²) in [7, 11) is 0. The first-order valence-corrected chi connectivity index (χ1v) is 14.1. The topological polar surface area (TPSA) is 43.9 Å². The van der Waals surface area contributed by atoms with E-state index in [1.165, 1.54) is 70.4 Å². The lowest BCUT2D eigenvalue weighted by Gasteiger charge is -2.38. The minimum atomic E-state index is -0.0686. The van der Waals surface area contributed by atoms with Crippen LogP contribution in [-0.2, 0) is 16.1 Å². The van der Waals surface area contributed by atoms with E-state index in [2.05, 4.69) is 42.7 Å². The third kappa shape index (κ3) is 8.71. The van der Waals surface area contributed by atoms with Crippen molar-refractivity contribution in [2.75, 3.05) is 44.2 Å². The molecule has 1 aromatic carbocycles. The molecule has 3 saturated heterocycles. The van der Waals surface area contributed by atoms with Crippen LogP contribution in [0.2, 0.25) is 0 Å². The first-order valence-electron chi connectivity index (χ1n) is 14.1. The molecule has 3 heterocycles. The summed E-state index contributed by atoms with van der Waals surface area (Å²) in [5.74, 6) is 1.82. The van der Waals surface area contributed by atoms with Crippen LogP contribution in [0, 0.1) is 17.3 Å². The van der Waals surface area contributed by atoms with E-state index in [9.17, 15) is 9.59 Å². The number of hydrogen-bond donors (Lipinski definition) is 0. The van der Waals surface area contributed by atoms with E-state index < -0.39 is 0 Å². The lowest BCUT2D eigenvalue weighted by molar-refractivity contribution is -0.128. The van der Waals surface area contributed by atoms with Crippen molar-refractivity contribution in [3.05, 3.63) is 29.8 Å². The minimum Gasteiger partial charge on any atom is -0.312 e. The molecule has 0 spiro atoms. The van der Waals surface area contributed by atoms with Gasteiger partial charge in [-0.15, -0.1) is 0 Å². The maximum Gasteiger partial charge on any atom is 0.234 e. The Balaban J connectivity index is 0.00000167. The lowest BCUT2D eigenvalue weighted by atomic mass is 9.82. The Morgan fingerprint density at radius 3 is 1.86 bits per heavy atom. The molecule has 4 rings (SSSR count). The fraction of sp³-hybridized carbons (Fsp3) is 0.733. The fourth-order valence-electron chi connectivity index (χ4n) is 5.93. The van der Waals surface area contributed by atoms with Gasteiger partial charge in [-0.05, 0) is 93.2 Å². The largest absolute Gasteiger partial charge is 0.312 e. The summed E-state index contributed by atoms with van der Waals surface area (Å²) in [5.41, 5.74) is 2.64. The van der Waals surface area contributed by atoms with Gasteiger partial charge >= 0.3 is 0 Å². The average Bonchev–Trinajstić information content (AvgIpc) is 2.83. The second kappa shape index (κ2) is 13.0. The van der Waals surface area contributed by atoms with Crippen LogP contribution in [0.15, 0.2) is 24.3 Å². The van der Waals surface area contributed by atoms with E-state index in [0.717, 1.165) is 24.1 Å². The molecule has 0 unspecified atom stereocenters. The lowest BCUT2D eigenvalue weighted by Crippen LogP contribution is -2.40. The van der Waals surface area contributed by atoms with Crippen molar-refractivity contribution in [1.29, 1.82) is 0 Å². The summed E-state index contributed by atoms with van der Waals surface area (Å²) < 4.78 is 0. The van der Waals surface area contributed by atoms with Gasteiger partial charge in [-0.25, -0.2) is 0 Å². The van der Waals surface area contributed by atoms with E-state index >= 15 is 0 Å². The number of nitrogens with zero attached hydrogens (tertiary/aromatic N) is 3. The molecule has 3 fully saturated rings. The SMILES string of the molecule is CC.CC(C)(C)CN1CCC(CC2CCN(Cc3ccc(N4CCC(=O)CC4=O)cc3)CC2)CC1. The first-order chi connectivity index (χ1) is 16.7. The molecular formula is C30H49N3O2. The number of hydrogen-bond acceptors (Lipinski definition) is 4. The van der Waals surface area contributed by atoms with Gasteiger partial charge in [0, 0.05) is 31.7 Å². The number of amides is 1. The molecule has 0 radical (unpaired) electrons. The molecule has 0 atom stereocenters. The van der Waals surface area contributed by atoms with Gasteiger partial charge in [0.05, 0.1) is 6.42 Å². The standard InChI is InChI=1S/C28H43N3O2.C2H6/c1-28(2,3)21-30-15-10-23(11-16-30)18-22-8-13-29(14-9-22)20-24-4-6-25(7-5-24)31-17-12-26(32)19-27(31)33;1-2/h4-7,22-23H,8-21H2,1-3H3;1-2H3. The molecule has 5 heteroatoms. The number of ketones is 1. The number of piperidine rings is 3. The van der Waals surface area contributed by atoms with Crippen molar-refractivity contribution >= 4 is 17.4 Å². The molecular weight excluding hydrogens is 434 g/mol. The van der Waals surface area contributed by atoms with Crippen LogP contribution >= 0.6 is 0 Å². The number of rotatable bonds is 6. The number of likely N-dealkylation sites (tertiary alicyclic amines) is 2. The summed E-state index contributed by atoms with van der Waals surface area (Å²) in [4.78, 5) is 30.6. The van der Waals surface area contributed by atoms with Gasteiger partial charge in [0.25, 0.3) is 0 Å². The Morgan fingerprint density at radius 1 is 0.800 bits per heavy atom. The zero-order valence-electron chi connectivity index (χ0n) is 23.0. The van der Waals surface area contributed by atoms with Crippen molar-refractivity contribution in [3.63, 3.8) is 0 Å². The van der Waals surface area contributed by atoms with E-state index in [0.29, 0.717) is 18.4 Å². The molecule has 1 aromatic rings. The molecule has 35 heavy (non-hydrogen) atoms. The first kappa shape index (κ1) is 27.9. The Kier molecular flexibility index (Phi) is 10.4. The normalized spacial score (nSPS) is 21.7. The van der Waals surface area contributed by atoms with Crippen LogP contribution in [0.5, 0.6) is 0 Å². The highest BCUT2D eigenvalue weighted by atomic mass is 16.2. The van der Waals surface area contributed by atoms with E-state index in [1.54, 1.807) is 4.90 Å². The summed E-state index contributed by atoms with van der Waals surface area (Å²) in [6.07, 6.45) is 7.38. The van der Waals surface area contributed by atoms with Crippen LogP contribution in [0.1, 0.15) is 85.1 Å². The second-order valence-corrected chi connectivity index (χ2v) is 11.9. The van der Waals surface area contributed by atoms with Crippen LogP contribution in [0.4, 0.5) is 5.69 Å². The molecule has 0 aliphatic carbocycles. The molecule has 1 amide bonds. The van der Waals surface area contributed by atoms with Crippen molar-refractivity contribution in [2.24, 2.45) is 17.3 Å². The monoisotopic (exact) mass is 483 g/mol. The van der Waals surface area contributed by atoms with E-state index in [1.807, 2.05) is 26.0 Å². The van der Waals surface area contributed by atoms with Crippen LogP contribution in [0.3, 0.4) is 0 Å². The summed E-state index contributed by atoms with van der Waals surface area (Å²) in [5, 5.41) is 0. The molecule has 5 nitrogen and oxygen atoms in total. The summed E-state index contributed by atoms with van der Waals surface area (Å²) in [6.45, 7) is 18.7. The minimum absolute atomic E-state index is 0.0483. The van der Waals surface area contributed by atoms with E-state index in [-0.39, 0.29) is 18.1 Å². The van der Waals surface area contributed by atoms with Crippen molar-refractivity contribution in [1.82, 2.24) is 9.80 Å². The zero-order chi connectivity index (χ0) is 25.4. The molecule has 0 N–H and O–H groups in total. The quantitative estimate of drug-likeness (QED) is 0.482. The van der Waals surface area contributed by atoms with Crippen LogP contribution < -0.4 is 4.90 Å². The molecule has 3 aliphatic rings. The number of carbonyl (C=O) groups is 2. The van der Waals surface area contributed by atoms with Gasteiger partial charge in [0.1, 0.15) is 5.78 Å². The van der Waals surface area contributed by atoms with Gasteiger partial charge in [-0.3, -0.25) is 14.5 Å². The maximum absolute atomic E-state index is 12.1. The van der Waals surface area contributed by atoms with Gasteiger partial charge in [0.2, 0.25) is 5.91 Å². The van der Waals surface area contributed by atoms with Gasteiger partial charge < -0.3 is 9.80 Å². The van der Waals surface area contributed by atoms with Crippen molar-refractivity contribution < 1.29 is 9.59 Å². The second-order valence-electron chi connectivity index (χ2n) is 11.9. The van der Waals surface area contributed by atoms with Crippen molar-refractivity contribution in [3.8, 4) is 0 Å². The third-order valence-corrected chi connectivity index (χ3v) is 7.70. The highest BCUT2D eigenvalue weighted by Crippen LogP contribution is 2.31. The average molecular weight is 484 g/mol. The number of Topliss-reactive ketones (excluding diaryl/α,β-unsaturated/α-hetero) is 1. The third-order valence-electron chi connectivity index (χ3n) is 7.70. The van der Waals surface area contributed by atoms with E-state index in [4.69, 9.17) is 0 Å².